The average Bonchev–Trinajstić information content (AvgIpc) is 2.23. The van der Waals surface area contributed by atoms with Crippen LogP contribution in [0.5, 0.6) is 0 Å². The van der Waals surface area contributed by atoms with E-state index in [1.54, 1.807) is 19.5 Å². The van der Waals surface area contributed by atoms with E-state index in [1.165, 1.54) is 25.7 Å². The molecule has 0 aliphatic rings. The maximum Gasteiger partial charge on any atom is 0.213 e. The van der Waals surface area contributed by atoms with E-state index in [1.807, 2.05) is 0 Å². The fourth-order valence-corrected chi connectivity index (χ4v) is 1.38. The Morgan fingerprint density at radius 3 is 1.93 bits per heavy atom. The molecule has 0 amide bonds. The van der Waals surface area contributed by atoms with Crippen molar-refractivity contribution in [3.8, 4) is 0 Å². The van der Waals surface area contributed by atoms with Crippen LogP contribution in [-0.2, 0) is 9.59 Å². The van der Waals surface area contributed by atoms with Gasteiger partial charge in [0.1, 0.15) is 5.41 Å². The number of rotatable bonds is 9. The van der Waals surface area contributed by atoms with Crippen molar-refractivity contribution in [2.75, 3.05) is 0 Å². The number of unbranched alkanes of at least 4 members (excludes halogenated alkanes) is 5. The van der Waals surface area contributed by atoms with E-state index < -0.39 is 5.41 Å². The second-order valence-corrected chi connectivity index (χ2v) is 4.05. The first-order valence-corrected chi connectivity index (χ1v) is 5.47. The fourth-order valence-electron chi connectivity index (χ4n) is 1.38. The standard InChI is InChI=1S/C12H20O2/c1-3-4-5-6-7-8-9-12(2,10-13)11-14/h3-9H2,1-2H3. The third kappa shape index (κ3) is 5.90. The van der Waals surface area contributed by atoms with Crippen molar-refractivity contribution in [1.29, 1.82) is 0 Å². The van der Waals surface area contributed by atoms with Crippen LogP contribution in [-0.4, -0.2) is 12.6 Å². The molecule has 0 bridgehead atoms. The Bertz CT molecular complexity index is 156. The lowest BCUT2D eigenvalue weighted by Crippen LogP contribution is -2.19. The molecule has 0 atom stereocenters. The van der Waals surface area contributed by atoms with Gasteiger partial charge in [0.25, 0.3) is 0 Å². The molecule has 0 fully saturated rings. The van der Waals surface area contributed by atoms with Gasteiger partial charge >= 0.3 is 0 Å². The molecule has 0 rings (SSSR count). The van der Waals surface area contributed by atoms with Gasteiger partial charge in [-0.25, -0.2) is 0 Å². The molecule has 2 nitrogen and oxygen atoms in total. The number of hydrogen-bond donors (Lipinski definition) is 0. The third-order valence-corrected chi connectivity index (χ3v) is 2.48. The van der Waals surface area contributed by atoms with E-state index in [0.717, 1.165) is 12.8 Å². The Morgan fingerprint density at radius 1 is 0.929 bits per heavy atom. The van der Waals surface area contributed by atoms with Gasteiger partial charge in [0, 0.05) is 0 Å². The molecule has 80 valence electrons. The van der Waals surface area contributed by atoms with Gasteiger partial charge in [-0.3, -0.25) is 9.59 Å². The van der Waals surface area contributed by atoms with E-state index >= 15 is 0 Å². The van der Waals surface area contributed by atoms with Crippen LogP contribution < -0.4 is 0 Å². The molecule has 0 spiro atoms. The summed E-state index contributed by atoms with van der Waals surface area (Å²) in [5, 5.41) is 0. The summed E-state index contributed by atoms with van der Waals surface area (Å²) in [4.78, 5) is 20.9. The Hall–Kier alpha value is -0.660. The molecule has 0 heterocycles. The molecule has 0 unspecified atom stereocenters. The van der Waals surface area contributed by atoms with E-state index in [2.05, 4.69) is 6.92 Å². The zero-order chi connectivity index (χ0) is 10.9. The Labute approximate surface area is 87.1 Å². The fraction of sp³-hybridized carbons (Fsp3) is 0.833. The summed E-state index contributed by atoms with van der Waals surface area (Å²) in [6.07, 6.45) is 11.1. The summed E-state index contributed by atoms with van der Waals surface area (Å²) in [7, 11) is 0. The Kier molecular flexibility index (Phi) is 7.35. The highest BCUT2D eigenvalue weighted by Crippen LogP contribution is 2.19. The van der Waals surface area contributed by atoms with Crippen molar-refractivity contribution in [2.45, 2.75) is 58.8 Å². The van der Waals surface area contributed by atoms with Crippen LogP contribution >= 0.6 is 0 Å². The predicted molar refractivity (Wildman–Crippen MR) is 57.5 cm³/mol. The summed E-state index contributed by atoms with van der Waals surface area (Å²) in [6.45, 7) is 3.78. The lowest BCUT2D eigenvalue weighted by Gasteiger charge is -2.11. The van der Waals surface area contributed by atoms with Crippen LogP contribution in [0.15, 0.2) is 0 Å². The summed E-state index contributed by atoms with van der Waals surface area (Å²) in [6, 6.07) is 0. The van der Waals surface area contributed by atoms with Crippen LogP contribution in [0.1, 0.15) is 58.8 Å². The first-order valence-electron chi connectivity index (χ1n) is 5.47. The van der Waals surface area contributed by atoms with Gasteiger partial charge in [-0.2, -0.15) is 0 Å². The largest absolute Gasteiger partial charge is 0.290 e. The van der Waals surface area contributed by atoms with Gasteiger partial charge in [-0.1, -0.05) is 45.4 Å². The van der Waals surface area contributed by atoms with Crippen molar-refractivity contribution in [2.24, 2.45) is 5.41 Å². The van der Waals surface area contributed by atoms with Gasteiger partial charge in [0.05, 0.1) is 0 Å². The van der Waals surface area contributed by atoms with Gasteiger partial charge in [-0.05, 0) is 13.3 Å². The summed E-state index contributed by atoms with van der Waals surface area (Å²) in [5.41, 5.74) is -0.981. The molecule has 0 aromatic rings. The highest BCUT2D eigenvalue weighted by molar-refractivity contribution is 5.83. The van der Waals surface area contributed by atoms with E-state index in [0.29, 0.717) is 6.42 Å². The van der Waals surface area contributed by atoms with Gasteiger partial charge in [0.2, 0.25) is 12.6 Å². The molecular weight excluding hydrogens is 176 g/mol. The minimum absolute atomic E-state index is 0.589. The van der Waals surface area contributed by atoms with Crippen LogP contribution in [0, 0.1) is 5.41 Å². The molecule has 0 aromatic carbocycles. The lowest BCUT2D eigenvalue weighted by atomic mass is 9.88. The third-order valence-electron chi connectivity index (χ3n) is 2.48. The zero-order valence-corrected chi connectivity index (χ0v) is 9.27. The molecule has 0 aliphatic carbocycles. The van der Waals surface area contributed by atoms with Gasteiger partial charge < -0.3 is 0 Å². The predicted octanol–water partition coefficient (Wildman–Crippen LogP) is 2.96. The van der Waals surface area contributed by atoms with Crippen molar-refractivity contribution in [3.05, 3.63) is 0 Å². The first kappa shape index (κ1) is 13.3. The van der Waals surface area contributed by atoms with Crippen LogP contribution in [0.2, 0.25) is 0 Å². The van der Waals surface area contributed by atoms with Crippen LogP contribution in [0.25, 0.3) is 0 Å². The smallest absolute Gasteiger partial charge is 0.213 e. The Balaban J connectivity index is 3.43. The minimum atomic E-state index is -0.981. The van der Waals surface area contributed by atoms with Gasteiger partial charge in [-0.15, -0.1) is 0 Å². The molecule has 2 radical (unpaired) electrons. The van der Waals surface area contributed by atoms with E-state index in [4.69, 9.17) is 0 Å². The Morgan fingerprint density at radius 2 is 1.43 bits per heavy atom. The van der Waals surface area contributed by atoms with Crippen LogP contribution in [0.4, 0.5) is 0 Å². The highest BCUT2D eigenvalue weighted by Gasteiger charge is 2.24. The van der Waals surface area contributed by atoms with Crippen molar-refractivity contribution >= 4 is 12.6 Å². The molecule has 0 saturated carbocycles. The second-order valence-electron chi connectivity index (χ2n) is 4.05. The molecule has 0 aliphatic heterocycles. The normalized spacial score (nSPS) is 11.3. The number of carbonyl (C=O) groups excluding carboxylic acids is 2. The van der Waals surface area contributed by atoms with Crippen molar-refractivity contribution < 1.29 is 9.59 Å². The quantitative estimate of drug-likeness (QED) is 0.419. The van der Waals surface area contributed by atoms with Crippen LogP contribution in [0.3, 0.4) is 0 Å². The molecular formula is C12H20O2. The maximum absolute atomic E-state index is 10.4. The monoisotopic (exact) mass is 196 g/mol. The molecule has 0 aromatic heterocycles. The highest BCUT2D eigenvalue weighted by atomic mass is 16.1. The summed E-state index contributed by atoms with van der Waals surface area (Å²) >= 11 is 0. The summed E-state index contributed by atoms with van der Waals surface area (Å²) < 4.78 is 0. The lowest BCUT2D eigenvalue weighted by molar-refractivity contribution is 0.431. The first-order chi connectivity index (χ1) is 6.68. The molecule has 2 heteroatoms. The van der Waals surface area contributed by atoms with Gasteiger partial charge in [0.15, 0.2) is 0 Å². The molecule has 0 saturated heterocycles. The van der Waals surface area contributed by atoms with E-state index in [9.17, 15) is 9.59 Å². The summed E-state index contributed by atoms with van der Waals surface area (Å²) in [5.74, 6) is 0. The van der Waals surface area contributed by atoms with E-state index in [-0.39, 0.29) is 0 Å². The minimum Gasteiger partial charge on any atom is -0.290 e. The molecule has 0 N–H and O–H groups in total. The maximum atomic E-state index is 10.4. The molecule has 14 heavy (non-hydrogen) atoms. The van der Waals surface area contributed by atoms with Crippen molar-refractivity contribution in [3.63, 3.8) is 0 Å². The topological polar surface area (TPSA) is 34.1 Å². The SMILES string of the molecule is CCCCCCCCC(C)([C]=O)[C]=O. The number of hydrogen-bond acceptors (Lipinski definition) is 2. The second kappa shape index (κ2) is 7.72. The van der Waals surface area contributed by atoms with Crippen molar-refractivity contribution in [1.82, 2.24) is 0 Å². The average molecular weight is 196 g/mol. The zero-order valence-electron chi connectivity index (χ0n) is 9.27.